The standard InChI is InChI=1S/C15H21BrN2O/c16-14-8-4-3-7-13(14)9-10-17-15(19)18-11-5-1-2-6-12-18/h3-4,7-8H,1-2,5-6,9-12H2,(H,17,19). The van der Waals surface area contributed by atoms with Crippen LogP contribution in [-0.4, -0.2) is 30.6 Å². The van der Waals surface area contributed by atoms with Crippen molar-refractivity contribution in [3.8, 4) is 0 Å². The van der Waals surface area contributed by atoms with Crippen LogP contribution in [0.1, 0.15) is 31.2 Å². The lowest BCUT2D eigenvalue weighted by molar-refractivity contribution is 0.200. The summed E-state index contributed by atoms with van der Waals surface area (Å²) in [7, 11) is 0. The number of carbonyl (C=O) groups is 1. The highest BCUT2D eigenvalue weighted by Gasteiger charge is 2.14. The summed E-state index contributed by atoms with van der Waals surface area (Å²) in [5.74, 6) is 0. The number of nitrogens with zero attached hydrogens (tertiary/aromatic N) is 1. The van der Waals surface area contributed by atoms with Gasteiger partial charge in [0.1, 0.15) is 0 Å². The van der Waals surface area contributed by atoms with Gasteiger partial charge >= 0.3 is 6.03 Å². The molecule has 1 heterocycles. The fourth-order valence-corrected chi connectivity index (χ4v) is 2.87. The second-order valence-corrected chi connectivity index (χ2v) is 5.83. The Morgan fingerprint density at radius 3 is 2.53 bits per heavy atom. The summed E-state index contributed by atoms with van der Waals surface area (Å²) < 4.78 is 1.11. The van der Waals surface area contributed by atoms with E-state index in [2.05, 4.69) is 27.3 Å². The van der Waals surface area contributed by atoms with Gasteiger partial charge in [-0.3, -0.25) is 0 Å². The molecule has 1 N–H and O–H groups in total. The molecule has 4 heteroatoms. The number of benzene rings is 1. The third-order valence-corrected chi connectivity index (χ3v) is 4.30. The van der Waals surface area contributed by atoms with Crippen LogP contribution in [0.15, 0.2) is 28.7 Å². The van der Waals surface area contributed by atoms with Crippen LogP contribution in [0.2, 0.25) is 0 Å². The molecule has 1 fully saturated rings. The molecule has 1 aliphatic heterocycles. The zero-order chi connectivity index (χ0) is 13.5. The van der Waals surface area contributed by atoms with E-state index >= 15 is 0 Å². The second-order valence-electron chi connectivity index (χ2n) is 4.97. The van der Waals surface area contributed by atoms with Gasteiger partial charge in [-0.2, -0.15) is 0 Å². The van der Waals surface area contributed by atoms with E-state index < -0.39 is 0 Å². The number of urea groups is 1. The lowest BCUT2D eigenvalue weighted by Crippen LogP contribution is -2.41. The Balaban J connectivity index is 1.76. The Hall–Kier alpha value is -1.03. The van der Waals surface area contributed by atoms with Crippen molar-refractivity contribution >= 4 is 22.0 Å². The summed E-state index contributed by atoms with van der Waals surface area (Å²) in [5, 5.41) is 3.02. The zero-order valence-corrected chi connectivity index (χ0v) is 12.8. The van der Waals surface area contributed by atoms with E-state index in [1.165, 1.54) is 18.4 Å². The molecule has 0 radical (unpaired) electrons. The quantitative estimate of drug-likeness (QED) is 0.905. The van der Waals surface area contributed by atoms with Gasteiger partial charge in [-0.1, -0.05) is 47.0 Å². The lowest BCUT2D eigenvalue weighted by Gasteiger charge is -2.20. The van der Waals surface area contributed by atoms with Crippen molar-refractivity contribution in [1.82, 2.24) is 10.2 Å². The van der Waals surface area contributed by atoms with E-state index in [0.717, 1.165) is 36.8 Å². The molecule has 0 atom stereocenters. The first-order chi connectivity index (χ1) is 9.27. The maximum absolute atomic E-state index is 12.0. The lowest BCUT2D eigenvalue weighted by atomic mass is 10.1. The van der Waals surface area contributed by atoms with Crippen LogP contribution < -0.4 is 5.32 Å². The first kappa shape index (κ1) is 14.4. The minimum absolute atomic E-state index is 0.0916. The number of nitrogens with one attached hydrogen (secondary N) is 1. The van der Waals surface area contributed by atoms with Crippen LogP contribution in [0.4, 0.5) is 4.79 Å². The van der Waals surface area contributed by atoms with Gasteiger partial charge in [0.2, 0.25) is 0 Å². The molecule has 0 unspecified atom stereocenters. The Bertz CT molecular complexity index is 414. The Kier molecular flexibility index (Phi) is 5.70. The van der Waals surface area contributed by atoms with E-state index in [9.17, 15) is 4.79 Å². The SMILES string of the molecule is O=C(NCCc1ccccc1Br)N1CCCCCC1. The number of carbonyl (C=O) groups excluding carboxylic acids is 1. The van der Waals surface area contributed by atoms with E-state index in [0.29, 0.717) is 6.54 Å². The van der Waals surface area contributed by atoms with Gasteiger partial charge in [0, 0.05) is 24.1 Å². The molecule has 1 saturated heterocycles. The molecule has 0 aliphatic carbocycles. The molecule has 2 rings (SSSR count). The van der Waals surface area contributed by atoms with Crippen molar-refractivity contribution < 1.29 is 4.79 Å². The Labute approximate surface area is 123 Å². The summed E-state index contributed by atoms with van der Waals surface area (Å²) in [4.78, 5) is 14.0. The number of rotatable bonds is 3. The van der Waals surface area contributed by atoms with Crippen molar-refractivity contribution in [2.75, 3.05) is 19.6 Å². The predicted octanol–water partition coefficient (Wildman–Crippen LogP) is 3.58. The van der Waals surface area contributed by atoms with Crippen molar-refractivity contribution in [3.63, 3.8) is 0 Å². The van der Waals surface area contributed by atoms with Gasteiger partial charge in [-0.05, 0) is 30.9 Å². The molecular formula is C15H21BrN2O. The molecule has 19 heavy (non-hydrogen) atoms. The summed E-state index contributed by atoms with van der Waals surface area (Å²) in [6.45, 7) is 2.50. The van der Waals surface area contributed by atoms with Gasteiger partial charge in [0.15, 0.2) is 0 Å². The van der Waals surface area contributed by atoms with Gasteiger partial charge in [0.25, 0.3) is 0 Å². The average molecular weight is 325 g/mol. The summed E-state index contributed by atoms with van der Waals surface area (Å²) in [6, 6.07) is 8.24. The van der Waals surface area contributed by atoms with Gasteiger partial charge < -0.3 is 10.2 Å². The van der Waals surface area contributed by atoms with Crippen LogP contribution >= 0.6 is 15.9 Å². The smallest absolute Gasteiger partial charge is 0.317 e. The predicted molar refractivity (Wildman–Crippen MR) is 81.3 cm³/mol. The van der Waals surface area contributed by atoms with Crippen LogP contribution in [0.5, 0.6) is 0 Å². The van der Waals surface area contributed by atoms with Crippen molar-refractivity contribution in [2.24, 2.45) is 0 Å². The van der Waals surface area contributed by atoms with Gasteiger partial charge in [-0.15, -0.1) is 0 Å². The third-order valence-electron chi connectivity index (χ3n) is 3.52. The first-order valence-corrected chi connectivity index (χ1v) is 7.83. The molecule has 1 aliphatic rings. The Morgan fingerprint density at radius 1 is 1.16 bits per heavy atom. The highest BCUT2D eigenvalue weighted by molar-refractivity contribution is 9.10. The fourth-order valence-electron chi connectivity index (χ4n) is 2.39. The number of amides is 2. The van der Waals surface area contributed by atoms with Crippen molar-refractivity contribution in [2.45, 2.75) is 32.1 Å². The average Bonchev–Trinajstić information content (AvgIpc) is 2.70. The minimum Gasteiger partial charge on any atom is -0.338 e. The van der Waals surface area contributed by atoms with Crippen LogP contribution in [-0.2, 0) is 6.42 Å². The highest BCUT2D eigenvalue weighted by Crippen LogP contribution is 2.16. The summed E-state index contributed by atoms with van der Waals surface area (Å²) >= 11 is 3.53. The molecule has 0 spiro atoms. The number of likely N-dealkylation sites (tertiary alicyclic amines) is 1. The first-order valence-electron chi connectivity index (χ1n) is 7.03. The van der Waals surface area contributed by atoms with Crippen LogP contribution in [0.3, 0.4) is 0 Å². The molecule has 0 aromatic heterocycles. The minimum atomic E-state index is 0.0916. The topological polar surface area (TPSA) is 32.3 Å². The second kappa shape index (κ2) is 7.53. The normalized spacial score (nSPS) is 15.9. The van der Waals surface area contributed by atoms with E-state index in [4.69, 9.17) is 0 Å². The molecule has 2 amide bonds. The zero-order valence-electron chi connectivity index (χ0n) is 11.2. The maximum atomic E-state index is 12.0. The van der Waals surface area contributed by atoms with Crippen LogP contribution in [0.25, 0.3) is 0 Å². The van der Waals surface area contributed by atoms with E-state index in [1.54, 1.807) is 0 Å². The summed E-state index contributed by atoms with van der Waals surface area (Å²) in [5.41, 5.74) is 1.23. The Morgan fingerprint density at radius 2 is 1.84 bits per heavy atom. The van der Waals surface area contributed by atoms with Crippen molar-refractivity contribution in [1.29, 1.82) is 0 Å². The molecular weight excluding hydrogens is 304 g/mol. The molecule has 104 valence electrons. The monoisotopic (exact) mass is 324 g/mol. The fraction of sp³-hybridized carbons (Fsp3) is 0.533. The number of hydrogen-bond donors (Lipinski definition) is 1. The molecule has 1 aromatic rings. The molecule has 1 aromatic carbocycles. The van der Waals surface area contributed by atoms with Gasteiger partial charge in [-0.25, -0.2) is 4.79 Å². The largest absolute Gasteiger partial charge is 0.338 e. The van der Waals surface area contributed by atoms with E-state index in [-0.39, 0.29) is 6.03 Å². The van der Waals surface area contributed by atoms with Crippen molar-refractivity contribution in [3.05, 3.63) is 34.3 Å². The molecule has 0 saturated carbocycles. The number of hydrogen-bond acceptors (Lipinski definition) is 1. The third kappa shape index (κ3) is 4.53. The summed E-state index contributed by atoms with van der Waals surface area (Å²) in [6.07, 6.45) is 5.64. The van der Waals surface area contributed by atoms with Crippen LogP contribution in [0, 0.1) is 0 Å². The van der Waals surface area contributed by atoms with Gasteiger partial charge in [0.05, 0.1) is 0 Å². The highest BCUT2D eigenvalue weighted by atomic mass is 79.9. The molecule has 0 bridgehead atoms. The number of halogens is 1. The maximum Gasteiger partial charge on any atom is 0.317 e. The van der Waals surface area contributed by atoms with E-state index in [1.807, 2.05) is 23.1 Å². The molecule has 3 nitrogen and oxygen atoms in total.